The number of hydrogen-bond acceptors (Lipinski definition) is 5. The Kier molecular flexibility index (Phi) is 3.50. The Hall–Kier alpha value is -1.43. The number of fused-ring (bicyclic) bond motifs is 1. The molecular weight excluding hydrogens is 258 g/mol. The first-order valence-electron chi connectivity index (χ1n) is 6.41. The van der Waals surface area contributed by atoms with Crippen molar-refractivity contribution in [1.82, 2.24) is 9.88 Å². The molecule has 19 heavy (non-hydrogen) atoms. The molecule has 1 unspecified atom stereocenters. The van der Waals surface area contributed by atoms with E-state index in [1.165, 1.54) is 22.5 Å². The average Bonchev–Trinajstić information content (AvgIpc) is 2.84. The standard InChI is InChI=1S/C14H17N3OS/c15-14-16-7-11(19-14)8-17-6-5-10-3-1-2-4-12(10)13(17)9-18/h1-4,7,13,18H,5-6,8-9H2,(H2,15,16). The number of thiazole rings is 1. The van der Waals surface area contributed by atoms with E-state index in [4.69, 9.17) is 5.73 Å². The van der Waals surface area contributed by atoms with Crippen LogP contribution in [0.15, 0.2) is 30.5 Å². The highest BCUT2D eigenvalue weighted by molar-refractivity contribution is 7.15. The van der Waals surface area contributed by atoms with Gasteiger partial charge in [-0.05, 0) is 17.5 Å². The number of benzene rings is 1. The molecule has 100 valence electrons. The van der Waals surface area contributed by atoms with Crippen LogP contribution in [-0.4, -0.2) is 28.1 Å². The van der Waals surface area contributed by atoms with Crippen LogP contribution in [0.2, 0.25) is 0 Å². The number of anilines is 1. The zero-order chi connectivity index (χ0) is 13.2. The molecule has 0 amide bonds. The molecule has 3 rings (SSSR count). The van der Waals surface area contributed by atoms with Crippen LogP contribution in [0.3, 0.4) is 0 Å². The van der Waals surface area contributed by atoms with E-state index in [9.17, 15) is 5.11 Å². The number of nitrogens with two attached hydrogens (primary N) is 1. The molecule has 0 bridgehead atoms. The number of aliphatic hydroxyl groups is 1. The van der Waals surface area contributed by atoms with Gasteiger partial charge in [0, 0.05) is 24.2 Å². The Balaban J connectivity index is 1.84. The first-order valence-corrected chi connectivity index (χ1v) is 7.22. The molecule has 0 saturated carbocycles. The van der Waals surface area contributed by atoms with Crippen molar-refractivity contribution in [3.63, 3.8) is 0 Å². The van der Waals surface area contributed by atoms with E-state index < -0.39 is 0 Å². The van der Waals surface area contributed by atoms with Crippen molar-refractivity contribution in [3.8, 4) is 0 Å². The van der Waals surface area contributed by atoms with Gasteiger partial charge >= 0.3 is 0 Å². The molecule has 1 aromatic carbocycles. The lowest BCUT2D eigenvalue weighted by Gasteiger charge is -2.35. The number of nitrogens with zero attached hydrogens (tertiary/aromatic N) is 2. The molecule has 0 aliphatic carbocycles. The van der Waals surface area contributed by atoms with Gasteiger partial charge in [0.25, 0.3) is 0 Å². The number of rotatable bonds is 3. The van der Waals surface area contributed by atoms with Crippen LogP contribution in [-0.2, 0) is 13.0 Å². The van der Waals surface area contributed by atoms with Crippen LogP contribution in [0, 0.1) is 0 Å². The summed E-state index contributed by atoms with van der Waals surface area (Å²) >= 11 is 1.52. The van der Waals surface area contributed by atoms with Gasteiger partial charge in [-0.25, -0.2) is 4.98 Å². The van der Waals surface area contributed by atoms with E-state index in [2.05, 4.69) is 28.1 Å². The monoisotopic (exact) mass is 275 g/mol. The molecule has 0 spiro atoms. The third-order valence-corrected chi connectivity index (χ3v) is 4.44. The molecule has 2 aromatic rings. The smallest absolute Gasteiger partial charge is 0.180 e. The SMILES string of the molecule is Nc1ncc(CN2CCc3ccccc3C2CO)s1. The zero-order valence-electron chi connectivity index (χ0n) is 10.6. The summed E-state index contributed by atoms with van der Waals surface area (Å²) in [5.74, 6) is 0. The van der Waals surface area contributed by atoms with E-state index in [1.807, 2.05) is 12.3 Å². The van der Waals surface area contributed by atoms with Crippen molar-refractivity contribution in [3.05, 3.63) is 46.5 Å². The number of aromatic nitrogens is 1. The van der Waals surface area contributed by atoms with Crippen LogP contribution in [0.1, 0.15) is 22.0 Å². The molecule has 0 radical (unpaired) electrons. The van der Waals surface area contributed by atoms with Gasteiger partial charge in [-0.1, -0.05) is 24.3 Å². The largest absolute Gasteiger partial charge is 0.394 e. The van der Waals surface area contributed by atoms with Crippen LogP contribution in [0.5, 0.6) is 0 Å². The Morgan fingerprint density at radius 3 is 3.00 bits per heavy atom. The Morgan fingerprint density at radius 2 is 2.26 bits per heavy atom. The van der Waals surface area contributed by atoms with Gasteiger partial charge in [0.1, 0.15) is 0 Å². The summed E-state index contributed by atoms with van der Waals surface area (Å²) in [5, 5.41) is 10.3. The zero-order valence-corrected chi connectivity index (χ0v) is 11.4. The molecule has 5 heteroatoms. The van der Waals surface area contributed by atoms with Crippen LogP contribution < -0.4 is 5.73 Å². The second-order valence-electron chi connectivity index (χ2n) is 4.78. The lowest BCUT2D eigenvalue weighted by atomic mass is 9.93. The second kappa shape index (κ2) is 5.28. The fourth-order valence-corrected chi connectivity index (χ4v) is 3.41. The third-order valence-electron chi connectivity index (χ3n) is 3.63. The first-order chi connectivity index (χ1) is 9.28. The Labute approximate surface area is 116 Å². The van der Waals surface area contributed by atoms with Gasteiger partial charge in [0.2, 0.25) is 0 Å². The summed E-state index contributed by atoms with van der Waals surface area (Å²) in [4.78, 5) is 7.53. The summed E-state index contributed by atoms with van der Waals surface area (Å²) < 4.78 is 0. The lowest BCUT2D eigenvalue weighted by molar-refractivity contribution is 0.109. The highest BCUT2D eigenvalue weighted by Crippen LogP contribution is 2.31. The van der Waals surface area contributed by atoms with Crippen molar-refractivity contribution < 1.29 is 5.11 Å². The molecular formula is C14H17N3OS. The number of aliphatic hydroxyl groups excluding tert-OH is 1. The maximum Gasteiger partial charge on any atom is 0.180 e. The van der Waals surface area contributed by atoms with Crippen molar-refractivity contribution in [2.24, 2.45) is 0 Å². The van der Waals surface area contributed by atoms with E-state index in [-0.39, 0.29) is 12.6 Å². The average molecular weight is 275 g/mol. The van der Waals surface area contributed by atoms with Crippen LogP contribution in [0.4, 0.5) is 5.13 Å². The van der Waals surface area contributed by atoms with Crippen molar-refractivity contribution >= 4 is 16.5 Å². The number of hydrogen-bond donors (Lipinski definition) is 2. The molecule has 2 heterocycles. The third kappa shape index (κ3) is 2.49. The molecule has 4 nitrogen and oxygen atoms in total. The summed E-state index contributed by atoms with van der Waals surface area (Å²) in [6.07, 6.45) is 2.86. The van der Waals surface area contributed by atoms with Crippen molar-refractivity contribution in [1.29, 1.82) is 0 Å². The molecule has 1 aliphatic heterocycles. The fourth-order valence-electron chi connectivity index (χ4n) is 2.70. The summed E-state index contributed by atoms with van der Waals surface area (Å²) in [7, 11) is 0. The maximum atomic E-state index is 9.71. The van der Waals surface area contributed by atoms with Gasteiger partial charge in [-0.15, -0.1) is 11.3 Å². The van der Waals surface area contributed by atoms with Gasteiger partial charge in [-0.2, -0.15) is 0 Å². The highest BCUT2D eigenvalue weighted by atomic mass is 32.1. The predicted molar refractivity (Wildman–Crippen MR) is 76.9 cm³/mol. The van der Waals surface area contributed by atoms with Gasteiger partial charge in [0.15, 0.2) is 5.13 Å². The highest BCUT2D eigenvalue weighted by Gasteiger charge is 2.26. The van der Waals surface area contributed by atoms with E-state index >= 15 is 0 Å². The van der Waals surface area contributed by atoms with Crippen LogP contribution >= 0.6 is 11.3 Å². The normalized spacial score (nSPS) is 19.3. The molecule has 1 aliphatic rings. The lowest BCUT2D eigenvalue weighted by Crippen LogP contribution is -2.36. The summed E-state index contributed by atoms with van der Waals surface area (Å²) in [6, 6.07) is 8.44. The minimum Gasteiger partial charge on any atom is -0.394 e. The van der Waals surface area contributed by atoms with Crippen LogP contribution in [0.25, 0.3) is 0 Å². The first kappa shape index (κ1) is 12.6. The van der Waals surface area contributed by atoms with E-state index in [0.29, 0.717) is 5.13 Å². The van der Waals surface area contributed by atoms with Crippen molar-refractivity contribution in [2.45, 2.75) is 19.0 Å². The predicted octanol–water partition coefficient (Wildman–Crippen LogP) is 1.82. The number of nitrogen functional groups attached to an aromatic ring is 1. The summed E-state index contributed by atoms with van der Waals surface area (Å²) in [5.41, 5.74) is 8.26. The van der Waals surface area contributed by atoms with E-state index in [0.717, 1.165) is 24.4 Å². The molecule has 3 N–H and O–H groups in total. The van der Waals surface area contributed by atoms with Gasteiger partial charge in [0.05, 0.1) is 12.6 Å². The maximum absolute atomic E-state index is 9.71. The van der Waals surface area contributed by atoms with E-state index in [1.54, 1.807) is 0 Å². The van der Waals surface area contributed by atoms with Gasteiger partial charge < -0.3 is 10.8 Å². The molecule has 1 atom stereocenters. The summed E-state index contributed by atoms with van der Waals surface area (Å²) in [6.45, 7) is 1.90. The second-order valence-corrected chi connectivity index (χ2v) is 5.93. The molecule has 0 saturated heterocycles. The Morgan fingerprint density at radius 1 is 1.42 bits per heavy atom. The molecule has 1 aromatic heterocycles. The minimum absolute atomic E-state index is 0.0771. The topological polar surface area (TPSA) is 62.4 Å². The minimum atomic E-state index is 0.0771. The van der Waals surface area contributed by atoms with Crippen molar-refractivity contribution in [2.75, 3.05) is 18.9 Å². The molecule has 0 fully saturated rings. The van der Waals surface area contributed by atoms with Gasteiger partial charge in [-0.3, -0.25) is 4.90 Å². The fraction of sp³-hybridized carbons (Fsp3) is 0.357. The Bertz CT molecular complexity index is 569. The quantitative estimate of drug-likeness (QED) is 0.897.